The molecule has 0 saturated heterocycles. The van der Waals surface area contributed by atoms with E-state index in [0.29, 0.717) is 11.3 Å². The summed E-state index contributed by atoms with van der Waals surface area (Å²) < 4.78 is 27.1. The van der Waals surface area contributed by atoms with Crippen molar-refractivity contribution in [2.75, 3.05) is 5.73 Å². The first-order valence-corrected chi connectivity index (χ1v) is 6.38. The normalized spacial score (nSPS) is 10.8. The number of hydrogen-bond acceptors (Lipinski definition) is 3. The number of rotatable bonds is 2. The highest BCUT2D eigenvalue weighted by Crippen LogP contribution is 2.38. The van der Waals surface area contributed by atoms with Crippen LogP contribution in [0.4, 0.5) is 14.6 Å². The Morgan fingerprint density at radius 2 is 2.05 bits per heavy atom. The monoisotopic (exact) mass is 277 g/mol. The number of thiophene rings is 1. The molecule has 0 unspecified atom stereocenters. The molecule has 3 nitrogen and oxygen atoms in total. The molecule has 0 aliphatic carbocycles. The molecule has 3 aromatic rings. The molecular weight excluding hydrogens is 268 g/mol. The number of nitrogens with two attached hydrogens (primary N) is 1. The summed E-state index contributed by atoms with van der Waals surface area (Å²) in [4.78, 5) is 0.852. The molecule has 96 valence electrons. The van der Waals surface area contributed by atoms with Crippen LogP contribution in [0.25, 0.3) is 21.7 Å². The summed E-state index contributed by atoms with van der Waals surface area (Å²) in [5, 5.41) is 8.44. The third kappa shape index (κ3) is 2.00. The number of halogens is 2. The second-order valence-corrected chi connectivity index (χ2v) is 4.91. The van der Waals surface area contributed by atoms with Crippen LogP contribution in [0.15, 0.2) is 35.7 Å². The van der Waals surface area contributed by atoms with Gasteiger partial charge in [0.2, 0.25) is 0 Å². The number of nitrogen functional groups attached to an aromatic ring is 1. The average molecular weight is 277 g/mol. The summed E-state index contributed by atoms with van der Waals surface area (Å²) in [6.45, 7) is 0. The molecule has 0 radical (unpaired) electrons. The summed E-state index contributed by atoms with van der Waals surface area (Å²) in [5.41, 5.74) is 6.91. The second kappa shape index (κ2) is 4.47. The van der Waals surface area contributed by atoms with Crippen LogP contribution in [-0.2, 0) is 0 Å². The summed E-state index contributed by atoms with van der Waals surface area (Å²) in [7, 11) is 0. The fraction of sp³-hybridized carbons (Fsp3) is 0. The minimum atomic E-state index is -0.525. The molecule has 0 fully saturated rings. The molecule has 0 spiro atoms. The van der Waals surface area contributed by atoms with Crippen LogP contribution in [0, 0.1) is 11.6 Å². The van der Waals surface area contributed by atoms with Gasteiger partial charge in [0.05, 0.1) is 11.3 Å². The molecular formula is C13H9F2N3S. The summed E-state index contributed by atoms with van der Waals surface area (Å²) in [5.74, 6) is -0.773. The molecule has 2 heterocycles. The standard InChI is InChI=1S/C13H9F2N3S/c14-7-3-4-9(15)8(6-7)12-11(13(16)18-17-12)10-2-1-5-19-10/h1-6H,(H3,16,17,18). The van der Waals surface area contributed by atoms with Crippen LogP contribution in [0.2, 0.25) is 0 Å². The topological polar surface area (TPSA) is 54.7 Å². The average Bonchev–Trinajstić information content (AvgIpc) is 3.01. The molecule has 0 bridgehead atoms. The lowest BCUT2D eigenvalue weighted by atomic mass is 10.1. The van der Waals surface area contributed by atoms with Gasteiger partial charge in [-0.3, -0.25) is 5.10 Å². The Labute approximate surface area is 111 Å². The van der Waals surface area contributed by atoms with Crippen molar-refractivity contribution in [1.29, 1.82) is 0 Å². The molecule has 0 aliphatic heterocycles. The predicted octanol–water partition coefficient (Wildman–Crippen LogP) is 3.67. The van der Waals surface area contributed by atoms with Crippen LogP contribution in [0.3, 0.4) is 0 Å². The summed E-state index contributed by atoms with van der Waals surface area (Å²) in [6, 6.07) is 6.99. The Hall–Kier alpha value is -2.21. The lowest BCUT2D eigenvalue weighted by Gasteiger charge is -2.04. The third-order valence-corrected chi connectivity index (χ3v) is 3.65. The SMILES string of the molecule is Nc1n[nH]c(-c2cc(F)ccc2F)c1-c1cccs1. The molecule has 0 amide bonds. The van der Waals surface area contributed by atoms with E-state index in [1.807, 2.05) is 17.5 Å². The van der Waals surface area contributed by atoms with Crippen molar-refractivity contribution in [2.45, 2.75) is 0 Å². The fourth-order valence-corrected chi connectivity index (χ4v) is 2.70. The van der Waals surface area contributed by atoms with Crippen molar-refractivity contribution in [3.63, 3.8) is 0 Å². The number of nitrogens with one attached hydrogen (secondary N) is 1. The quantitative estimate of drug-likeness (QED) is 0.751. The summed E-state index contributed by atoms with van der Waals surface area (Å²) in [6.07, 6.45) is 0. The molecule has 6 heteroatoms. The number of anilines is 1. The number of nitrogens with zero attached hydrogens (tertiary/aromatic N) is 1. The van der Waals surface area contributed by atoms with E-state index < -0.39 is 11.6 Å². The van der Waals surface area contributed by atoms with E-state index >= 15 is 0 Å². The minimum Gasteiger partial charge on any atom is -0.382 e. The van der Waals surface area contributed by atoms with E-state index in [1.54, 1.807) is 0 Å². The summed E-state index contributed by atoms with van der Waals surface area (Å²) >= 11 is 1.46. The fourth-order valence-electron chi connectivity index (χ4n) is 1.91. The Balaban J connectivity index is 2.24. The van der Waals surface area contributed by atoms with E-state index in [0.717, 1.165) is 23.1 Å². The van der Waals surface area contributed by atoms with E-state index in [-0.39, 0.29) is 11.4 Å². The zero-order chi connectivity index (χ0) is 13.4. The van der Waals surface area contributed by atoms with Gasteiger partial charge in [-0.1, -0.05) is 6.07 Å². The smallest absolute Gasteiger partial charge is 0.154 e. The minimum absolute atomic E-state index is 0.118. The molecule has 2 aromatic heterocycles. The van der Waals surface area contributed by atoms with Crippen molar-refractivity contribution in [1.82, 2.24) is 10.2 Å². The molecule has 3 N–H and O–H groups in total. The van der Waals surface area contributed by atoms with E-state index in [1.165, 1.54) is 11.3 Å². The molecule has 0 aliphatic rings. The van der Waals surface area contributed by atoms with E-state index in [4.69, 9.17) is 5.73 Å². The molecule has 1 aromatic carbocycles. The predicted molar refractivity (Wildman–Crippen MR) is 71.7 cm³/mol. The van der Waals surface area contributed by atoms with Crippen LogP contribution in [-0.4, -0.2) is 10.2 Å². The lowest BCUT2D eigenvalue weighted by molar-refractivity contribution is 0.602. The zero-order valence-corrected chi connectivity index (χ0v) is 10.5. The van der Waals surface area contributed by atoms with Crippen LogP contribution >= 0.6 is 11.3 Å². The molecule has 3 rings (SSSR count). The Morgan fingerprint density at radius 3 is 2.79 bits per heavy atom. The van der Waals surface area contributed by atoms with Crippen molar-refractivity contribution in [3.8, 4) is 21.7 Å². The molecule has 0 saturated carbocycles. The Morgan fingerprint density at radius 1 is 1.21 bits per heavy atom. The van der Waals surface area contributed by atoms with Gasteiger partial charge in [0.1, 0.15) is 11.6 Å². The van der Waals surface area contributed by atoms with Crippen LogP contribution < -0.4 is 5.73 Å². The second-order valence-electron chi connectivity index (χ2n) is 3.96. The van der Waals surface area contributed by atoms with Gasteiger partial charge in [-0.2, -0.15) is 5.10 Å². The molecule has 0 atom stereocenters. The van der Waals surface area contributed by atoms with Gasteiger partial charge in [-0.15, -0.1) is 11.3 Å². The van der Waals surface area contributed by atoms with E-state index in [2.05, 4.69) is 10.2 Å². The van der Waals surface area contributed by atoms with Crippen LogP contribution in [0.1, 0.15) is 0 Å². The van der Waals surface area contributed by atoms with Gasteiger partial charge in [0.25, 0.3) is 0 Å². The Bertz CT molecular complexity index is 720. The first-order chi connectivity index (χ1) is 9.16. The molecule has 19 heavy (non-hydrogen) atoms. The number of aromatic nitrogens is 2. The zero-order valence-electron chi connectivity index (χ0n) is 9.65. The van der Waals surface area contributed by atoms with E-state index in [9.17, 15) is 8.78 Å². The van der Waals surface area contributed by atoms with Gasteiger partial charge in [0.15, 0.2) is 5.82 Å². The van der Waals surface area contributed by atoms with Crippen LogP contribution in [0.5, 0.6) is 0 Å². The van der Waals surface area contributed by atoms with Crippen molar-refractivity contribution >= 4 is 17.2 Å². The van der Waals surface area contributed by atoms with Crippen molar-refractivity contribution in [2.24, 2.45) is 0 Å². The number of H-pyrrole nitrogens is 1. The first kappa shape index (κ1) is 11.9. The highest BCUT2D eigenvalue weighted by atomic mass is 32.1. The Kier molecular flexibility index (Phi) is 2.79. The first-order valence-electron chi connectivity index (χ1n) is 5.50. The van der Waals surface area contributed by atoms with Gasteiger partial charge in [0, 0.05) is 10.4 Å². The number of benzene rings is 1. The highest BCUT2D eigenvalue weighted by Gasteiger charge is 2.18. The maximum absolute atomic E-state index is 13.8. The maximum Gasteiger partial charge on any atom is 0.154 e. The van der Waals surface area contributed by atoms with Crippen molar-refractivity contribution in [3.05, 3.63) is 47.3 Å². The van der Waals surface area contributed by atoms with Gasteiger partial charge >= 0.3 is 0 Å². The maximum atomic E-state index is 13.8. The van der Waals surface area contributed by atoms with Gasteiger partial charge in [-0.25, -0.2) is 8.78 Å². The largest absolute Gasteiger partial charge is 0.382 e. The third-order valence-electron chi connectivity index (χ3n) is 2.76. The highest BCUT2D eigenvalue weighted by molar-refractivity contribution is 7.13. The van der Waals surface area contributed by atoms with Gasteiger partial charge in [-0.05, 0) is 29.6 Å². The number of aromatic amines is 1. The lowest BCUT2D eigenvalue weighted by Crippen LogP contribution is -1.90. The number of hydrogen-bond donors (Lipinski definition) is 2. The van der Waals surface area contributed by atoms with Crippen molar-refractivity contribution < 1.29 is 8.78 Å². The van der Waals surface area contributed by atoms with Gasteiger partial charge < -0.3 is 5.73 Å².